The molecule has 0 aliphatic carbocycles. The van der Waals surface area contributed by atoms with E-state index in [1.165, 1.54) is 25.7 Å². The monoisotopic (exact) mass is 256 g/mol. The van der Waals surface area contributed by atoms with E-state index in [1.54, 1.807) is 0 Å². The van der Waals surface area contributed by atoms with Crippen LogP contribution in [0.3, 0.4) is 0 Å². The molecule has 108 valence electrons. The van der Waals surface area contributed by atoms with Gasteiger partial charge >= 0.3 is 0 Å². The molecule has 2 atom stereocenters. The van der Waals surface area contributed by atoms with Crippen molar-refractivity contribution in [2.75, 3.05) is 13.2 Å². The molecule has 0 aliphatic rings. The van der Waals surface area contributed by atoms with Crippen LogP contribution in [-0.2, 0) is 4.74 Å². The predicted octanol–water partition coefficient (Wildman–Crippen LogP) is 4.18. The van der Waals surface area contributed by atoms with Gasteiger partial charge < -0.3 is 9.84 Å². The van der Waals surface area contributed by atoms with Gasteiger partial charge in [-0.1, -0.05) is 52.5 Å². The van der Waals surface area contributed by atoms with E-state index in [0.717, 1.165) is 12.8 Å². The zero-order chi connectivity index (χ0) is 13.8. The lowest BCUT2D eigenvalue weighted by Gasteiger charge is -2.22. The summed E-state index contributed by atoms with van der Waals surface area (Å²) < 4.78 is 5.95. The molecule has 1 N–H and O–H groups in total. The van der Waals surface area contributed by atoms with Crippen molar-refractivity contribution in [3.05, 3.63) is 12.7 Å². The zero-order valence-corrected chi connectivity index (χ0v) is 12.5. The SMILES string of the molecule is C=CC[C@@H](CCCCCC)OC[C@@H](CO)C(C)C. The normalized spacial score (nSPS) is 14.7. The maximum absolute atomic E-state index is 9.29. The highest BCUT2D eigenvalue weighted by Crippen LogP contribution is 2.16. The highest BCUT2D eigenvalue weighted by molar-refractivity contribution is 4.74. The fourth-order valence-electron chi connectivity index (χ4n) is 1.97. The lowest BCUT2D eigenvalue weighted by Crippen LogP contribution is -2.24. The maximum Gasteiger partial charge on any atom is 0.0609 e. The van der Waals surface area contributed by atoms with Gasteiger partial charge in [0.15, 0.2) is 0 Å². The molecule has 0 aromatic heterocycles. The molecule has 0 saturated heterocycles. The molecule has 0 saturated carbocycles. The second-order valence-electron chi connectivity index (χ2n) is 5.52. The summed E-state index contributed by atoms with van der Waals surface area (Å²) in [6.45, 7) is 11.2. The van der Waals surface area contributed by atoms with Crippen molar-refractivity contribution in [1.29, 1.82) is 0 Å². The van der Waals surface area contributed by atoms with E-state index in [9.17, 15) is 5.11 Å². The average Bonchev–Trinajstić information content (AvgIpc) is 2.34. The maximum atomic E-state index is 9.29. The molecule has 0 radical (unpaired) electrons. The van der Waals surface area contributed by atoms with E-state index in [0.29, 0.717) is 12.5 Å². The van der Waals surface area contributed by atoms with Crippen LogP contribution in [0.4, 0.5) is 0 Å². The topological polar surface area (TPSA) is 29.5 Å². The largest absolute Gasteiger partial charge is 0.396 e. The van der Waals surface area contributed by atoms with Gasteiger partial charge in [0.25, 0.3) is 0 Å². The Bertz CT molecular complexity index is 190. The van der Waals surface area contributed by atoms with Crippen molar-refractivity contribution >= 4 is 0 Å². The van der Waals surface area contributed by atoms with Crippen molar-refractivity contribution < 1.29 is 9.84 Å². The highest BCUT2D eigenvalue weighted by Gasteiger charge is 2.15. The molecule has 0 amide bonds. The third-order valence-corrected chi connectivity index (χ3v) is 3.53. The van der Waals surface area contributed by atoms with Gasteiger partial charge in [0, 0.05) is 12.5 Å². The molecule has 2 heteroatoms. The fourth-order valence-corrected chi connectivity index (χ4v) is 1.97. The Balaban J connectivity index is 3.90. The smallest absolute Gasteiger partial charge is 0.0609 e. The molecule has 0 heterocycles. The van der Waals surface area contributed by atoms with Gasteiger partial charge in [0.1, 0.15) is 0 Å². The van der Waals surface area contributed by atoms with Crippen molar-refractivity contribution in [1.82, 2.24) is 0 Å². The summed E-state index contributed by atoms with van der Waals surface area (Å²) in [4.78, 5) is 0. The summed E-state index contributed by atoms with van der Waals surface area (Å²) in [5.41, 5.74) is 0. The molecule has 0 aromatic carbocycles. The van der Waals surface area contributed by atoms with E-state index < -0.39 is 0 Å². The van der Waals surface area contributed by atoms with Gasteiger partial charge in [-0.2, -0.15) is 0 Å². The van der Waals surface area contributed by atoms with Crippen LogP contribution in [0.2, 0.25) is 0 Å². The van der Waals surface area contributed by atoms with Crippen LogP contribution in [0.1, 0.15) is 59.3 Å². The van der Waals surface area contributed by atoms with E-state index >= 15 is 0 Å². The van der Waals surface area contributed by atoms with Gasteiger partial charge in [0.05, 0.1) is 12.7 Å². The lowest BCUT2D eigenvalue weighted by atomic mass is 9.98. The van der Waals surface area contributed by atoms with Crippen molar-refractivity contribution in [3.63, 3.8) is 0 Å². The van der Waals surface area contributed by atoms with Crippen LogP contribution in [-0.4, -0.2) is 24.4 Å². The molecule has 0 aromatic rings. The summed E-state index contributed by atoms with van der Waals surface area (Å²) in [7, 11) is 0. The van der Waals surface area contributed by atoms with Crippen LogP contribution in [0.15, 0.2) is 12.7 Å². The minimum absolute atomic E-state index is 0.217. The summed E-state index contributed by atoms with van der Waals surface area (Å²) in [6, 6.07) is 0. The molecule has 0 aliphatic heterocycles. The second-order valence-corrected chi connectivity index (χ2v) is 5.52. The average molecular weight is 256 g/mol. The molecule has 0 rings (SSSR count). The van der Waals surface area contributed by atoms with Crippen molar-refractivity contribution in [2.24, 2.45) is 11.8 Å². The Labute approximate surface area is 113 Å². The molecular formula is C16H32O2. The highest BCUT2D eigenvalue weighted by atomic mass is 16.5. The Kier molecular flexibility index (Phi) is 11.5. The third kappa shape index (κ3) is 8.71. The van der Waals surface area contributed by atoms with E-state index in [1.807, 2.05) is 6.08 Å². The van der Waals surface area contributed by atoms with Crippen LogP contribution in [0.25, 0.3) is 0 Å². The first-order chi connectivity index (χ1) is 8.65. The molecule has 2 nitrogen and oxygen atoms in total. The molecule has 0 bridgehead atoms. The van der Waals surface area contributed by atoms with E-state index in [-0.39, 0.29) is 18.6 Å². The van der Waals surface area contributed by atoms with Crippen molar-refractivity contribution in [3.8, 4) is 0 Å². The summed E-state index contributed by atoms with van der Waals surface area (Å²) in [5, 5.41) is 9.29. The van der Waals surface area contributed by atoms with Gasteiger partial charge in [-0.15, -0.1) is 6.58 Å². The Morgan fingerprint density at radius 2 is 1.94 bits per heavy atom. The number of hydrogen-bond acceptors (Lipinski definition) is 2. The summed E-state index contributed by atoms with van der Waals surface area (Å²) >= 11 is 0. The standard InChI is InChI=1S/C16H32O2/c1-5-7-8-9-11-16(10-6-2)18-13-15(12-17)14(3)4/h6,14-17H,2,5,7-13H2,1,3-4H3/t15-,16+/m1/s1. The molecule has 18 heavy (non-hydrogen) atoms. The minimum atomic E-state index is 0.217. The Morgan fingerprint density at radius 3 is 2.44 bits per heavy atom. The third-order valence-electron chi connectivity index (χ3n) is 3.53. The summed E-state index contributed by atoms with van der Waals surface area (Å²) in [5.74, 6) is 0.729. The number of aliphatic hydroxyl groups is 1. The lowest BCUT2D eigenvalue weighted by molar-refractivity contribution is -0.000524. The van der Waals surface area contributed by atoms with Crippen molar-refractivity contribution in [2.45, 2.75) is 65.4 Å². The van der Waals surface area contributed by atoms with Crippen LogP contribution in [0, 0.1) is 11.8 Å². The number of unbranched alkanes of at least 4 members (excludes halogenated alkanes) is 3. The number of hydrogen-bond donors (Lipinski definition) is 1. The molecule has 0 spiro atoms. The Morgan fingerprint density at radius 1 is 1.22 bits per heavy atom. The fraction of sp³-hybridized carbons (Fsp3) is 0.875. The van der Waals surface area contributed by atoms with Crippen LogP contribution >= 0.6 is 0 Å². The second kappa shape index (κ2) is 11.7. The predicted molar refractivity (Wildman–Crippen MR) is 78.7 cm³/mol. The van der Waals surface area contributed by atoms with E-state index in [4.69, 9.17) is 4.74 Å². The molecule has 0 unspecified atom stereocenters. The van der Waals surface area contributed by atoms with Gasteiger partial charge in [-0.05, 0) is 18.8 Å². The quantitative estimate of drug-likeness (QED) is 0.419. The van der Waals surface area contributed by atoms with Crippen LogP contribution < -0.4 is 0 Å². The Hall–Kier alpha value is -0.340. The number of aliphatic hydroxyl groups excluding tert-OH is 1. The molecular weight excluding hydrogens is 224 g/mol. The van der Waals surface area contributed by atoms with Gasteiger partial charge in [-0.3, -0.25) is 0 Å². The van der Waals surface area contributed by atoms with Gasteiger partial charge in [0.2, 0.25) is 0 Å². The number of ether oxygens (including phenoxy) is 1. The summed E-state index contributed by atoms with van der Waals surface area (Å²) in [6.07, 6.45) is 9.36. The first-order valence-electron chi connectivity index (χ1n) is 7.49. The minimum Gasteiger partial charge on any atom is -0.396 e. The van der Waals surface area contributed by atoms with Gasteiger partial charge in [-0.25, -0.2) is 0 Å². The van der Waals surface area contributed by atoms with E-state index in [2.05, 4.69) is 27.4 Å². The first-order valence-corrected chi connectivity index (χ1v) is 7.49. The zero-order valence-electron chi connectivity index (χ0n) is 12.5. The first kappa shape index (κ1) is 17.7. The molecule has 0 fully saturated rings. The van der Waals surface area contributed by atoms with Crippen LogP contribution in [0.5, 0.6) is 0 Å². The number of rotatable bonds is 12.